The van der Waals surface area contributed by atoms with Gasteiger partial charge in [0.15, 0.2) is 0 Å². The molecule has 0 aliphatic carbocycles. The minimum absolute atomic E-state index is 0.478. The molecular weight excluding hydrogens is 246 g/mol. The second-order valence-electron chi connectivity index (χ2n) is 4.42. The lowest BCUT2D eigenvalue weighted by Crippen LogP contribution is -2.07. The van der Waals surface area contributed by atoms with Crippen LogP contribution in [0.5, 0.6) is 0 Å². The molecule has 0 saturated heterocycles. The number of nitrogens with zero attached hydrogens (tertiary/aromatic N) is 2. The predicted octanol–water partition coefficient (Wildman–Crippen LogP) is 2.73. The Hall–Kier alpha value is -1.20. The highest BCUT2D eigenvalue weighted by molar-refractivity contribution is 7.99. The van der Waals surface area contributed by atoms with Crippen molar-refractivity contribution < 1.29 is 4.74 Å². The van der Waals surface area contributed by atoms with Crippen LogP contribution in [0.2, 0.25) is 0 Å². The van der Waals surface area contributed by atoms with Gasteiger partial charge in [-0.1, -0.05) is 13.8 Å². The third kappa shape index (κ3) is 3.40. The fraction of sp³-hybridized carbons (Fsp3) is 0.462. The molecule has 0 spiro atoms. The molecule has 18 heavy (non-hydrogen) atoms. The topological polar surface area (TPSA) is 53.1 Å². The van der Waals surface area contributed by atoms with Gasteiger partial charge in [-0.3, -0.25) is 0 Å². The zero-order valence-electron chi connectivity index (χ0n) is 10.8. The molecule has 5 heteroatoms. The highest BCUT2D eigenvalue weighted by Gasteiger charge is 2.03. The van der Waals surface area contributed by atoms with Crippen molar-refractivity contribution in [2.45, 2.75) is 25.8 Å². The van der Waals surface area contributed by atoms with Crippen molar-refractivity contribution in [3.05, 3.63) is 24.4 Å². The molecular formula is C13H19N3OS. The maximum absolute atomic E-state index is 5.78. The largest absolute Gasteiger partial charge is 0.399 e. The van der Waals surface area contributed by atoms with Crippen LogP contribution in [0, 0.1) is 0 Å². The third-order valence-electron chi connectivity index (χ3n) is 2.56. The van der Waals surface area contributed by atoms with E-state index in [9.17, 15) is 0 Å². The number of rotatable bonds is 6. The Kier molecular flexibility index (Phi) is 4.49. The zero-order valence-corrected chi connectivity index (χ0v) is 11.6. The SMILES string of the molecule is CC(C)SCCOCn1ncc2ccc(N)cc21. The van der Waals surface area contributed by atoms with E-state index in [0.29, 0.717) is 12.0 Å². The second-order valence-corrected chi connectivity index (χ2v) is 6.10. The molecule has 1 aromatic heterocycles. The Morgan fingerprint density at radius 3 is 3.06 bits per heavy atom. The van der Waals surface area contributed by atoms with E-state index < -0.39 is 0 Å². The van der Waals surface area contributed by atoms with Crippen molar-refractivity contribution in [1.29, 1.82) is 0 Å². The number of fused-ring (bicyclic) bond motifs is 1. The van der Waals surface area contributed by atoms with Crippen LogP contribution in [-0.4, -0.2) is 27.4 Å². The zero-order chi connectivity index (χ0) is 13.0. The first kappa shape index (κ1) is 13.2. The van der Waals surface area contributed by atoms with Gasteiger partial charge in [0.1, 0.15) is 6.73 Å². The van der Waals surface area contributed by atoms with Gasteiger partial charge in [0.25, 0.3) is 0 Å². The third-order valence-corrected chi connectivity index (χ3v) is 3.63. The van der Waals surface area contributed by atoms with Crippen LogP contribution in [-0.2, 0) is 11.5 Å². The number of anilines is 1. The average molecular weight is 265 g/mol. The summed E-state index contributed by atoms with van der Waals surface area (Å²) >= 11 is 1.90. The van der Waals surface area contributed by atoms with Gasteiger partial charge in [0, 0.05) is 16.8 Å². The molecule has 0 aliphatic heterocycles. The smallest absolute Gasteiger partial charge is 0.140 e. The van der Waals surface area contributed by atoms with Crippen molar-refractivity contribution in [3.8, 4) is 0 Å². The Morgan fingerprint density at radius 1 is 1.44 bits per heavy atom. The first-order valence-corrected chi connectivity index (χ1v) is 7.12. The van der Waals surface area contributed by atoms with Crippen LogP contribution in [0.4, 0.5) is 5.69 Å². The minimum atomic E-state index is 0.478. The number of nitrogen functional groups attached to an aromatic ring is 1. The molecule has 0 unspecified atom stereocenters. The number of hydrogen-bond donors (Lipinski definition) is 1. The van der Waals surface area contributed by atoms with Crippen LogP contribution in [0.1, 0.15) is 13.8 Å². The Bertz CT molecular complexity index is 510. The van der Waals surface area contributed by atoms with Gasteiger partial charge in [-0.2, -0.15) is 16.9 Å². The van der Waals surface area contributed by atoms with Crippen molar-refractivity contribution in [2.75, 3.05) is 18.1 Å². The van der Waals surface area contributed by atoms with Crippen LogP contribution >= 0.6 is 11.8 Å². The van der Waals surface area contributed by atoms with Crippen LogP contribution in [0.25, 0.3) is 10.9 Å². The molecule has 0 radical (unpaired) electrons. The van der Waals surface area contributed by atoms with Crippen molar-refractivity contribution in [3.63, 3.8) is 0 Å². The first-order chi connectivity index (χ1) is 8.66. The van der Waals surface area contributed by atoms with E-state index in [2.05, 4.69) is 18.9 Å². The Morgan fingerprint density at radius 2 is 2.28 bits per heavy atom. The molecule has 4 nitrogen and oxygen atoms in total. The van der Waals surface area contributed by atoms with E-state index >= 15 is 0 Å². The molecule has 0 saturated carbocycles. The molecule has 0 aliphatic rings. The Labute approximate surface area is 111 Å². The number of hydrogen-bond acceptors (Lipinski definition) is 4. The van der Waals surface area contributed by atoms with E-state index in [-0.39, 0.29) is 0 Å². The van der Waals surface area contributed by atoms with Gasteiger partial charge in [-0.25, -0.2) is 4.68 Å². The van der Waals surface area contributed by atoms with Crippen molar-refractivity contribution in [2.24, 2.45) is 0 Å². The first-order valence-electron chi connectivity index (χ1n) is 6.07. The lowest BCUT2D eigenvalue weighted by molar-refractivity contribution is 0.0843. The van der Waals surface area contributed by atoms with Gasteiger partial charge in [-0.15, -0.1) is 0 Å². The molecule has 0 atom stereocenters. The summed E-state index contributed by atoms with van der Waals surface area (Å²) in [6, 6.07) is 5.78. The van der Waals surface area contributed by atoms with E-state index in [1.54, 1.807) is 0 Å². The molecule has 0 amide bonds. The highest BCUT2D eigenvalue weighted by atomic mass is 32.2. The minimum Gasteiger partial charge on any atom is -0.399 e. The quantitative estimate of drug-likeness (QED) is 0.644. The van der Waals surface area contributed by atoms with E-state index in [1.165, 1.54) is 0 Å². The van der Waals surface area contributed by atoms with E-state index in [0.717, 1.165) is 29.0 Å². The summed E-state index contributed by atoms with van der Waals surface area (Å²) in [6.45, 7) is 5.60. The number of benzene rings is 1. The summed E-state index contributed by atoms with van der Waals surface area (Å²) in [5.74, 6) is 1.01. The normalized spacial score (nSPS) is 11.5. The summed E-state index contributed by atoms with van der Waals surface area (Å²) in [5.41, 5.74) is 7.55. The van der Waals surface area contributed by atoms with Gasteiger partial charge in [0.2, 0.25) is 0 Å². The average Bonchev–Trinajstić information content (AvgIpc) is 2.71. The molecule has 2 rings (SSSR count). The van der Waals surface area contributed by atoms with Gasteiger partial charge < -0.3 is 10.5 Å². The van der Waals surface area contributed by atoms with E-state index in [1.807, 2.05) is 40.8 Å². The van der Waals surface area contributed by atoms with Gasteiger partial charge >= 0.3 is 0 Å². The Balaban J connectivity index is 1.89. The van der Waals surface area contributed by atoms with Crippen LogP contribution < -0.4 is 5.73 Å². The van der Waals surface area contributed by atoms with Crippen molar-refractivity contribution in [1.82, 2.24) is 9.78 Å². The summed E-state index contributed by atoms with van der Waals surface area (Å²) < 4.78 is 7.45. The van der Waals surface area contributed by atoms with Crippen LogP contribution in [0.15, 0.2) is 24.4 Å². The number of nitrogens with two attached hydrogens (primary N) is 1. The van der Waals surface area contributed by atoms with Gasteiger partial charge in [0.05, 0.1) is 18.3 Å². The number of ether oxygens (including phenoxy) is 1. The fourth-order valence-electron chi connectivity index (χ4n) is 1.68. The van der Waals surface area contributed by atoms with Crippen molar-refractivity contribution >= 4 is 28.4 Å². The second kappa shape index (κ2) is 6.11. The molecule has 2 N–H and O–H groups in total. The predicted molar refractivity (Wildman–Crippen MR) is 77.7 cm³/mol. The molecule has 1 heterocycles. The summed E-state index contributed by atoms with van der Waals surface area (Å²) in [4.78, 5) is 0. The monoisotopic (exact) mass is 265 g/mol. The molecule has 0 fully saturated rings. The standard InChI is InChI=1S/C13H19N3OS/c1-10(2)18-6-5-17-9-16-13-7-12(14)4-3-11(13)8-15-16/h3-4,7-8,10H,5-6,9,14H2,1-2H3. The molecule has 98 valence electrons. The maximum atomic E-state index is 5.78. The van der Waals surface area contributed by atoms with Gasteiger partial charge in [-0.05, 0) is 23.4 Å². The highest BCUT2D eigenvalue weighted by Crippen LogP contribution is 2.17. The molecule has 2 aromatic rings. The molecule has 0 bridgehead atoms. The van der Waals surface area contributed by atoms with Crippen LogP contribution in [0.3, 0.4) is 0 Å². The molecule has 1 aromatic carbocycles. The summed E-state index contributed by atoms with van der Waals surface area (Å²) in [6.07, 6.45) is 1.83. The number of thioether (sulfide) groups is 1. The number of aromatic nitrogens is 2. The maximum Gasteiger partial charge on any atom is 0.140 e. The summed E-state index contributed by atoms with van der Waals surface area (Å²) in [7, 11) is 0. The summed E-state index contributed by atoms with van der Waals surface area (Å²) in [5, 5.41) is 6.04. The fourth-order valence-corrected chi connectivity index (χ4v) is 2.37. The van der Waals surface area contributed by atoms with E-state index in [4.69, 9.17) is 10.5 Å². The lowest BCUT2D eigenvalue weighted by atomic mass is 10.2. The lowest BCUT2D eigenvalue weighted by Gasteiger charge is -2.07.